The number of halogens is 1. The smallest absolute Gasteiger partial charge is 0.133 e. The number of unbranched alkanes of at least 4 members (excludes halogenated alkanes) is 1. The van der Waals surface area contributed by atoms with Crippen LogP contribution in [-0.2, 0) is 16.8 Å². The van der Waals surface area contributed by atoms with Crippen molar-refractivity contribution >= 4 is 15.9 Å². The van der Waals surface area contributed by atoms with Gasteiger partial charge in [0.2, 0.25) is 0 Å². The molecule has 0 aliphatic rings. The molecule has 0 heterocycles. The molecule has 164 valence electrons. The summed E-state index contributed by atoms with van der Waals surface area (Å²) >= 11 is 3.65. The van der Waals surface area contributed by atoms with Crippen molar-refractivity contribution in [2.75, 3.05) is 13.2 Å². The van der Waals surface area contributed by atoms with Crippen LogP contribution in [0, 0.1) is 0 Å². The van der Waals surface area contributed by atoms with E-state index in [1.165, 1.54) is 5.56 Å². The van der Waals surface area contributed by atoms with Gasteiger partial charge in [0, 0.05) is 5.41 Å². The van der Waals surface area contributed by atoms with Gasteiger partial charge in [-0.1, -0.05) is 63.6 Å². The van der Waals surface area contributed by atoms with Crippen molar-refractivity contribution in [2.45, 2.75) is 45.6 Å². The van der Waals surface area contributed by atoms with E-state index in [4.69, 9.17) is 14.2 Å². The molecule has 3 aromatic carbocycles. The Labute approximate surface area is 194 Å². The Bertz CT molecular complexity index is 954. The fourth-order valence-corrected chi connectivity index (χ4v) is 3.69. The Hall–Kier alpha value is -2.30. The summed E-state index contributed by atoms with van der Waals surface area (Å²) in [4.78, 5) is 0. The van der Waals surface area contributed by atoms with Crippen molar-refractivity contribution in [2.24, 2.45) is 0 Å². The summed E-state index contributed by atoms with van der Waals surface area (Å²) in [5.74, 6) is 2.53. The van der Waals surface area contributed by atoms with E-state index < -0.39 is 0 Å². The van der Waals surface area contributed by atoms with E-state index in [2.05, 4.69) is 54.9 Å². The molecular weight excluding hydrogens is 452 g/mol. The summed E-state index contributed by atoms with van der Waals surface area (Å²) in [7, 11) is 0. The van der Waals surface area contributed by atoms with Crippen LogP contribution in [0.25, 0.3) is 0 Å². The fourth-order valence-electron chi connectivity index (χ4n) is 3.20. The first-order valence-electron chi connectivity index (χ1n) is 10.8. The predicted octanol–water partition coefficient (Wildman–Crippen LogP) is 7.91. The highest BCUT2D eigenvalue weighted by Crippen LogP contribution is 2.32. The molecule has 0 spiro atoms. The minimum Gasteiger partial charge on any atom is -0.492 e. The van der Waals surface area contributed by atoms with Gasteiger partial charge in [-0.05, 0) is 69.9 Å². The standard InChI is InChI=1S/C27H31BrO3/c1-4-5-16-30-26-15-14-22(18-25(26)28)27(2,3)20-29-19-21-10-9-13-24(17-21)31-23-11-7-6-8-12-23/h6-15,17-18H,4-5,16,19-20H2,1-3H3. The third-order valence-electron chi connectivity index (χ3n) is 5.08. The first-order valence-corrected chi connectivity index (χ1v) is 11.6. The minimum atomic E-state index is -0.122. The molecule has 3 nitrogen and oxygen atoms in total. The summed E-state index contributed by atoms with van der Waals surface area (Å²) in [5.41, 5.74) is 2.18. The average Bonchev–Trinajstić information content (AvgIpc) is 2.76. The molecule has 0 bridgehead atoms. The lowest BCUT2D eigenvalue weighted by atomic mass is 9.85. The lowest BCUT2D eigenvalue weighted by Crippen LogP contribution is -2.24. The van der Waals surface area contributed by atoms with Gasteiger partial charge in [-0.2, -0.15) is 0 Å². The van der Waals surface area contributed by atoms with Gasteiger partial charge >= 0.3 is 0 Å². The maximum absolute atomic E-state index is 6.09. The van der Waals surface area contributed by atoms with E-state index in [-0.39, 0.29) is 5.41 Å². The van der Waals surface area contributed by atoms with Crippen molar-refractivity contribution in [3.8, 4) is 17.2 Å². The van der Waals surface area contributed by atoms with Crippen molar-refractivity contribution < 1.29 is 14.2 Å². The molecule has 3 rings (SSSR count). The minimum absolute atomic E-state index is 0.122. The molecule has 0 aromatic heterocycles. The Morgan fingerprint density at radius 3 is 2.39 bits per heavy atom. The number of hydrogen-bond acceptors (Lipinski definition) is 3. The Kier molecular flexibility index (Phi) is 8.56. The number of hydrogen-bond donors (Lipinski definition) is 0. The van der Waals surface area contributed by atoms with Crippen LogP contribution in [0.5, 0.6) is 17.2 Å². The van der Waals surface area contributed by atoms with Gasteiger partial charge < -0.3 is 14.2 Å². The maximum Gasteiger partial charge on any atom is 0.133 e. The highest BCUT2D eigenvalue weighted by atomic mass is 79.9. The van der Waals surface area contributed by atoms with Crippen molar-refractivity contribution in [1.29, 1.82) is 0 Å². The van der Waals surface area contributed by atoms with E-state index in [0.29, 0.717) is 13.2 Å². The highest BCUT2D eigenvalue weighted by Gasteiger charge is 2.22. The van der Waals surface area contributed by atoms with E-state index >= 15 is 0 Å². The zero-order valence-electron chi connectivity index (χ0n) is 18.6. The van der Waals surface area contributed by atoms with Crippen molar-refractivity contribution in [3.63, 3.8) is 0 Å². The van der Waals surface area contributed by atoms with Crippen LogP contribution in [-0.4, -0.2) is 13.2 Å². The first-order chi connectivity index (χ1) is 15.0. The normalized spacial score (nSPS) is 11.4. The second kappa shape index (κ2) is 11.4. The SMILES string of the molecule is CCCCOc1ccc(C(C)(C)COCc2cccc(Oc3ccccc3)c2)cc1Br. The molecule has 0 atom stereocenters. The number of para-hydroxylation sites is 1. The lowest BCUT2D eigenvalue weighted by molar-refractivity contribution is 0.0823. The average molecular weight is 483 g/mol. The summed E-state index contributed by atoms with van der Waals surface area (Å²) in [6.07, 6.45) is 2.19. The molecule has 0 saturated carbocycles. The quantitative estimate of drug-likeness (QED) is 0.259. The van der Waals surface area contributed by atoms with Gasteiger partial charge in [0.05, 0.1) is 24.3 Å². The number of rotatable bonds is 11. The summed E-state index contributed by atoms with van der Waals surface area (Å²) < 4.78 is 18.8. The number of ether oxygens (including phenoxy) is 3. The van der Waals surface area contributed by atoms with Crippen LogP contribution in [0.2, 0.25) is 0 Å². The first kappa shape index (κ1) is 23.4. The van der Waals surface area contributed by atoms with Crippen LogP contribution in [0.3, 0.4) is 0 Å². The Morgan fingerprint density at radius 1 is 0.871 bits per heavy atom. The molecule has 0 aliphatic heterocycles. The highest BCUT2D eigenvalue weighted by molar-refractivity contribution is 9.10. The van der Waals surface area contributed by atoms with Gasteiger partial charge in [0.1, 0.15) is 17.2 Å². The molecule has 0 N–H and O–H groups in total. The second-order valence-electron chi connectivity index (χ2n) is 8.29. The zero-order chi connectivity index (χ0) is 22.1. The van der Waals surface area contributed by atoms with Gasteiger partial charge in [-0.3, -0.25) is 0 Å². The monoisotopic (exact) mass is 482 g/mol. The van der Waals surface area contributed by atoms with Crippen LogP contribution < -0.4 is 9.47 Å². The third kappa shape index (κ3) is 7.12. The predicted molar refractivity (Wildman–Crippen MR) is 130 cm³/mol. The Morgan fingerprint density at radius 2 is 1.65 bits per heavy atom. The molecule has 0 unspecified atom stereocenters. The summed E-state index contributed by atoms with van der Waals surface area (Å²) in [6, 6.07) is 24.2. The third-order valence-corrected chi connectivity index (χ3v) is 5.70. The second-order valence-corrected chi connectivity index (χ2v) is 9.14. The van der Waals surface area contributed by atoms with E-state index in [9.17, 15) is 0 Å². The molecule has 0 amide bonds. The van der Waals surface area contributed by atoms with Crippen LogP contribution in [0.4, 0.5) is 0 Å². The molecule has 0 aliphatic carbocycles. The van der Waals surface area contributed by atoms with E-state index in [1.54, 1.807) is 0 Å². The topological polar surface area (TPSA) is 27.7 Å². The molecule has 31 heavy (non-hydrogen) atoms. The molecule has 0 fully saturated rings. The van der Waals surface area contributed by atoms with Gasteiger partial charge in [-0.25, -0.2) is 0 Å². The molecule has 3 aromatic rings. The molecule has 4 heteroatoms. The van der Waals surface area contributed by atoms with Crippen LogP contribution in [0.1, 0.15) is 44.7 Å². The zero-order valence-corrected chi connectivity index (χ0v) is 20.2. The maximum atomic E-state index is 6.09. The van der Waals surface area contributed by atoms with E-state index in [0.717, 1.165) is 46.7 Å². The molecule has 0 radical (unpaired) electrons. The van der Waals surface area contributed by atoms with E-state index in [1.807, 2.05) is 54.6 Å². The Balaban J connectivity index is 1.56. The molecule has 0 saturated heterocycles. The van der Waals surface area contributed by atoms with Gasteiger partial charge in [-0.15, -0.1) is 0 Å². The number of benzene rings is 3. The van der Waals surface area contributed by atoms with Crippen molar-refractivity contribution in [1.82, 2.24) is 0 Å². The molecular formula is C27H31BrO3. The summed E-state index contributed by atoms with van der Waals surface area (Å²) in [5, 5.41) is 0. The van der Waals surface area contributed by atoms with Crippen LogP contribution in [0.15, 0.2) is 77.3 Å². The van der Waals surface area contributed by atoms with Crippen LogP contribution >= 0.6 is 15.9 Å². The van der Waals surface area contributed by atoms with Crippen molar-refractivity contribution in [3.05, 3.63) is 88.4 Å². The largest absolute Gasteiger partial charge is 0.492 e. The fraction of sp³-hybridized carbons (Fsp3) is 0.333. The van der Waals surface area contributed by atoms with Gasteiger partial charge in [0.25, 0.3) is 0 Å². The lowest BCUT2D eigenvalue weighted by Gasteiger charge is -2.26. The van der Waals surface area contributed by atoms with Gasteiger partial charge in [0.15, 0.2) is 0 Å². The summed E-state index contributed by atoms with van der Waals surface area (Å²) in [6.45, 7) is 8.45.